The van der Waals surface area contributed by atoms with Crippen molar-refractivity contribution in [1.82, 2.24) is 9.62 Å². The zero-order valence-corrected chi connectivity index (χ0v) is 17.3. The molecule has 10 heteroatoms. The monoisotopic (exact) mass is 424 g/mol. The van der Waals surface area contributed by atoms with Crippen molar-refractivity contribution < 1.29 is 27.5 Å². The molecule has 1 aromatic carbocycles. The van der Waals surface area contributed by atoms with Crippen LogP contribution in [0.25, 0.3) is 0 Å². The van der Waals surface area contributed by atoms with Gasteiger partial charge in [-0.3, -0.25) is 14.4 Å². The number of nitrogens with one attached hydrogen (secondary N) is 1. The molecule has 1 aromatic rings. The van der Waals surface area contributed by atoms with Gasteiger partial charge < -0.3 is 15.8 Å². The Bertz CT molecular complexity index is 853. The molecular formula is C19H26N3O6S. The van der Waals surface area contributed by atoms with E-state index in [1.54, 1.807) is 0 Å². The Morgan fingerprint density at radius 3 is 2.59 bits per heavy atom. The third-order valence-corrected chi connectivity index (χ3v) is 6.57. The van der Waals surface area contributed by atoms with Gasteiger partial charge in [-0.05, 0) is 50.1 Å². The molecule has 0 aromatic heterocycles. The highest BCUT2D eigenvalue weighted by Crippen LogP contribution is 2.25. The number of hydrogen-bond acceptors (Lipinski definition) is 7. The minimum atomic E-state index is -4.31. The highest BCUT2D eigenvalue weighted by atomic mass is 32.2. The predicted molar refractivity (Wildman–Crippen MR) is 105 cm³/mol. The van der Waals surface area contributed by atoms with Crippen LogP contribution >= 0.6 is 0 Å². The van der Waals surface area contributed by atoms with Gasteiger partial charge in [0.05, 0.1) is 25.0 Å². The second-order valence-corrected chi connectivity index (χ2v) is 8.67. The van der Waals surface area contributed by atoms with E-state index in [1.165, 1.54) is 38.3 Å². The van der Waals surface area contributed by atoms with Crippen LogP contribution in [0.15, 0.2) is 29.2 Å². The lowest BCUT2D eigenvalue weighted by Gasteiger charge is -2.29. The van der Waals surface area contributed by atoms with E-state index in [0.717, 1.165) is 6.42 Å². The number of ether oxygens (including phenoxy) is 1. The molecule has 0 spiro atoms. The summed E-state index contributed by atoms with van der Waals surface area (Å²) in [4.78, 5) is 36.6. The van der Waals surface area contributed by atoms with E-state index in [0.29, 0.717) is 23.0 Å². The number of carbonyl (C=O) groups is 3. The minimum Gasteiger partial charge on any atom is -0.497 e. The third kappa shape index (κ3) is 5.54. The van der Waals surface area contributed by atoms with Gasteiger partial charge >= 0.3 is 0 Å². The van der Waals surface area contributed by atoms with Gasteiger partial charge in [-0.2, -0.15) is 0 Å². The summed E-state index contributed by atoms with van der Waals surface area (Å²) in [5, 5.41) is 2.92. The molecule has 1 unspecified atom stereocenters. The third-order valence-electron chi connectivity index (χ3n) is 4.75. The zero-order chi connectivity index (χ0) is 21.6. The van der Waals surface area contributed by atoms with Gasteiger partial charge in [-0.25, -0.2) is 12.7 Å². The number of nitrogens with zero attached hydrogens (tertiary/aromatic N) is 1. The minimum absolute atomic E-state index is 0.0235. The topological polar surface area (TPSA) is 136 Å². The van der Waals surface area contributed by atoms with E-state index < -0.39 is 33.8 Å². The van der Waals surface area contributed by atoms with Gasteiger partial charge in [0.15, 0.2) is 5.78 Å². The number of rotatable bonds is 8. The van der Waals surface area contributed by atoms with Gasteiger partial charge in [0.2, 0.25) is 11.8 Å². The molecule has 0 bridgehead atoms. The summed E-state index contributed by atoms with van der Waals surface area (Å²) < 4.78 is 32.3. The van der Waals surface area contributed by atoms with Crippen molar-refractivity contribution in [3.05, 3.63) is 30.7 Å². The van der Waals surface area contributed by atoms with Crippen LogP contribution in [0, 0.1) is 12.3 Å². The standard InChI is InChI=1S/C19H26N3O6S/c1-13(19(20)25)5-10-18(24)22(16-4-3-11-21-12-17(16)23)29(26,27)15-8-6-14(28-2)7-9-15/h6-10,13,16,21H,3-5,11-12H2,1-2H3,(H2,20,25)/t13?,16-/m0/s1. The maximum absolute atomic E-state index is 13.3. The number of hydrogen-bond donors (Lipinski definition) is 2. The summed E-state index contributed by atoms with van der Waals surface area (Å²) in [6.07, 6.45) is 1.83. The van der Waals surface area contributed by atoms with Crippen LogP contribution in [0.1, 0.15) is 26.2 Å². The molecule has 2 atom stereocenters. The van der Waals surface area contributed by atoms with E-state index in [-0.39, 0.29) is 30.1 Å². The normalized spacial score (nSPS) is 18.6. The van der Waals surface area contributed by atoms with Crippen molar-refractivity contribution in [3.8, 4) is 5.75 Å². The number of amides is 2. The Labute approximate surface area is 170 Å². The molecule has 1 aliphatic rings. The Kier molecular flexibility index (Phi) is 7.74. The largest absolute Gasteiger partial charge is 0.497 e. The lowest BCUT2D eigenvalue weighted by Crippen LogP contribution is -2.49. The Morgan fingerprint density at radius 2 is 2.00 bits per heavy atom. The number of benzene rings is 1. The molecule has 1 radical (unpaired) electrons. The molecule has 1 fully saturated rings. The summed E-state index contributed by atoms with van der Waals surface area (Å²) in [6.45, 7) is 2.06. The van der Waals surface area contributed by atoms with Gasteiger partial charge in [-0.15, -0.1) is 0 Å². The first kappa shape index (κ1) is 22.8. The quantitative estimate of drug-likeness (QED) is 0.610. The fourth-order valence-electron chi connectivity index (χ4n) is 2.94. The molecule has 2 rings (SSSR count). The number of carbonyl (C=O) groups excluding carboxylic acids is 3. The molecule has 2 amide bonds. The number of methoxy groups -OCH3 is 1. The van der Waals surface area contributed by atoms with Crippen molar-refractivity contribution in [2.24, 2.45) is 11.7 Å². The fraction of sp³-hybridized carbons (Fsp3) is 0.474. The van der Waals surface area contributed by atoms with Gasteiger partial charge in [0, 0.05) is 5.92 Å². The van der Waals surface area contributed by atoms with E-state index in [2.05, 4.69) is 5.32 Å². The highest BCUT2D eigenvalue weighted by Gasteiger charge is 2.39. The highest BCUT2D eigenvalue weighted by molar-refractivity contribution is 7.89. The van der Waals surface area contributed by atoms with Crippen molar-refractivity contribution in [2.75, 3.05) is 20.2 Å². The number of ketones is 1. The second-order valence-electron chi connectivity index (χ2n) is 6.86. The molecular weight excluding hydrogens is 398 g/mol. The Morgan fingerprint density at radius 1 is 1.34 bits per heavy atom. The van der Waals surface area contributed by atoms with Crippen LogP contribution in [-0.4, -0.2) is 56.6 Å². The van der Waals surface area contributed by atoms with Crippen molar-refractivity contribution >= 4 is 27.6 Å². The molecule has 9 nitrogen and oxygen atoms in total. The molecule has 29 heavy (non-hydrogen) atoms. The lowest BCUT2D eigenvalue weighted by molar-refractivity contribution is -0.131. The number of primary amides is 1. The Hall–Kier alpha value is -2.46. The van der Waals surface area contributed by atoms with Crippen LogP contribution < -0.4 is 15.8 Å². The van der Waals surface area contributed by atoms with Crippen molar-refractivity contribution in [2.45, 2.75) is 37.1 Å². The molecule has 159 valence electrons. The first-order chi connectivity index (χ1) is 13.7. The number of Topliss-reactive ketones (excluding diaryl/α,β-unsaturated/α-hetero) is 1. The molecule has 1 heterocycles. The average Bonchev–Trinajstić information content (AvgIpc) is 2.90. The first-order valence-electron chi connectivity index (χ1n) is 9.27. The van der Waals surface area contributed by atoms with Gasteiger partial charge in [-0.1, -0.05) is 6.92 Å². The van der Waals surface area contributed by atoms with Gasteiger partial charge in [0.25, 0.3) is 10.0 Å². The van der Waals surface area contributed by atoms with Crippen LogP contribution in [0.2, 0.25) is 0 Å². The van der Waals surface area contributed by atoms with E-state index >= 15 is 0 Å². The van der Waals surface area contributed by atoms with Crippen molar-refractivity contribution in [3.63, 3.8) is 0 Å². The average molecular weight is 424 g/mol. The van der Waals surface area contributed by atoms with Crippen LogP contribution in [0.5, 0.6) is 5.75 Å². The maximum Gasteiger partial charge on any atom is 0.267 e. The summed E-state index contributed by atoms with van der Waals surface area (Å²) in [5.74, 6) is -2.03. The summed E-state index contributed by atoms with van der Waals surface area (Å²) in [5.41, 5.74) is 5.21. The second kappa shape index (κ2) is 9.84. The van der Waals surface area contributed by atoms with Crippen LogP contribution in [0.4, 0.5) is 0 Å². The van der Waals surface area contributed by atoms with E-state index in [4.69, 9.17) is 10.5 Å². The molecule has 1 saturated heterocycles. The van der Waals surface area contributed by atoms with E-state index in [1.807, 2.05) is 0 Å². The van der Waals surface area contributed by atoms with Crippen molar-refractivity contribution in [1.29, 1.82) is 0 Å². The Balaban J connectivity index is 2.40. The smallest absolute Gasteiger partial charge is 0.267 e. The lowest BCUT2D eigenvalue weighted by atomic mass is 10.0. The number of nitrogens with two attached hydrogens (primary N) is 1. The summed E-state index contributed by atoms with van der Waals surface area (Å²) in [6, 6.07) is 4.44. The molecule has 0 saturated carbocycles. The van der Waals surface area contributed by atoms with Crippen LogP contribution in [0.3, 0.4) is 0 Å². The summed E-state index contributed by atoms with van der Waals surface area (Å²) in [7, 11) is -2.86. The van der Waals surface area contributed by atoms with Gasteiger partial charge in [0.1, 0.15) is 11.8 Å². The number of sulfonamides is 1. The summed E-state index contributed by atoms with van der Waals surface area (Å²) >= 11 is 0. The predicted octanol–water partition coefficient (Wildman–Crippen LogP) is 0.249. The maximum atomic E-state index is 13.3. The molecule has 0 aliphatic carbocycles. The zero-order valence-electron chi connectivity index (χ0n) is 16.5. The fourth-order valence-corrected chi connectivity index (χ4v) is 4.52. The SMILES string of the molecule is COc1ccc(S(=O)(=O)N(C(=O)[CH]CC(C)C(N)=O)[C@H]2CCCNCC2=O)cc1. The van der Waals surface area contributed by atoms with Crippen LogP contribution in [-0.2, 0) is 24.4 Å². The molecule has 1 aliphatic heterocycles. The first-order valence-corrected chi connectivity index (χ1v) is 10.7. The molecule has 3 N–H and O–H groups in total. The van der Waals surface area contributed by atoms with E-state index in [9.17, 15) is 22.8 Å².